The van der Waals surface area contributed by atoms with Crippen molar-refractivity contribution in [2.45, 2.75) is 52.4 Å². The van der Waals surface area contributed by atoms with Crippen molar-refractivity contribution < 1.29 is 30.3 Å². The van der Waals surface area contributed by atoms with Crippen LogP contribution in [0.3, 0.4) is 0 Å². The highest BCUT2D eigenvalue weighted by Gasteiger charge is 2.43. The highest BCUT2D eigenvalue weighted by atomic mass is 28.5. The van der Waals surface area contributed by atoms with Gasteiger partial charge in [0.1, 0.15) is 6.61 Å². The molecule has 0 atom stereocenters. The lowest BCUT2D eigenvalue weighted by atomic mass is 10.7. The third kappa shape index (κ3) is 10.1. The first kappa shape index (κ1) is 20.3. The standard InChI is InChI=1S/C10H25F3O4Si3/c1-8-14-18(2,3)16-20(6,7)17-19(4,5)15-9-10(11,12)13/h8-9H2,1-7H3. The summed E-state index contributed by atoms with van der Waals surface area (Å²) < 4.78 is 58.8. The molecule has 20 heavy (non-hydrogen) atoms. The highest BCUT2D eigenvalue weighted by molar-refractivity contribution is 6.84. The van der Waals surface area contributed by atoms with Crippen LogP contribution in [0.5, 0.6) is 0 Å². The molecular formula is C10H25F3O4Si3. The average Bonchev–Trinajstić information content (AvgIpc) is 2.09. The molecule has 4 nitrogen and oxygen atoms in total. The summed E-state index contributed by atoms with van der Waals surface area (Å²) in [6.07, 6.45) is -4.35. The van der Waals surface area contributed by atoms with Crippen molar-refractivity contribution in [2.75, 3.05) is 13.2 Å². The van der Waals surface area contributed by atoms with E-state index < -0.39 is 38.5 Å². The largest absolute Gasteiger partial charge is 0.415 e. The molecule has 0 aromatic carbocycles. The number of alkyl halides is 3. The van der Waals surface area contributed by atoms with Gasteiger partial charge in [0.25, 0.3) is 0 Å². The molecular weight excluding hydrogens is 325 g/mol. The number of hydrogen-bond donors (Lipinski definition) is 0. The van der Waals surface area contributed by atoms with E-state index in [-0.39, 0.29) is 0 Å². The van der Waals surface area contributed by atoms with Crippen LogP contribution in [0, 0.1) is 0 Å². The second-order valence-corrected chi connectivity index (χ2v) is 16.3. The van der Waals surface area contributed by atoms with E-state index in [0.29, 0.717) is 6.61 Å². The lowest BCUT2D eigenvalue weighted by molar-refractivity contribution is -0.157. The lowest BCUT2D eigenvalue weighted by Crippen LogP contribution is -2.54. The summed E-state index contributed by atoms with van der Waals surface area (Å²) in [5.74, 6) is 0. The Morgan fingerprint density at radius 2 is 1.15 bits per heavy atom. The van der Waals surface area contributed by atoms with Gasteiger partial charge in [-0.05, 0) is 46.2 Å². The number of hydrogen-bond acceptors (Lipinski definition) is 4. The third-order valence-corrected chi connectivity index (χ3v) is 11.7. The van der Waals surface area contributed by atoms with Crippen molar-refractivity contribution in [3.05, 3.63) is 0 Å². The van der Waals surface area contributed by atoms with Crippen LogP contribution >= 0.6 is 0 Å². The van der Waals surface area contributed by atoms with Crippen LogP contribution in [0.4, 0.5) is 13.2 Å². The van der Waals surface area contributed by atoms with Crippen molar-refractivity contribution in [3.8, 4) is 0 Å². The second-order valence-electron chi connectivity index (χ2n) is 5.74. The van der Waals surface area contributed by atoms with Gasteiger partial charge < -0.3 is 17.1 Å². The molecule has 0 amide bonds. The van der Waals surface area contributed by atoms with Gasteiger partial charge >= 0.3 is 31.9 Å². The first-order chi connectivity index (χ1) is 8.68. The fourth-order valence-corrected chi connectivity index (χ4v) is 13.6. The third-order valence-electron chi connectivity index (χ3n) is 2.06. The Hall–Kier alpha value is 0.281. The van der Waals surface area contributed by atoms with Crippen molar-refractivity contribution in [1.82, 2.24) is 0 Å². The van der Waals surface area contributed by atoms with Gasteiger partial charge in [0.05, 0.1) is 0 Å². The summed E-state index contributed by atoms with van der Waals surface area (Å²) in [4.78, 5) is 0. The van der Waals surface area contributed by atoms with Gasteiger partial charge in [0.15, 0.2) is 0 Å². The summed E-state index contributed by atoms with van der Waals surface area (Å²) in [7, 11) is -7.81. The van der Waals surface area contributed by atoms with E-state index in [1.165, 1.54) is 0 Å². The molecule has 122 valence electrons. The molecule has 0 bridgehead atoms. The Balaban J connectivity index is 4.57. The zero-order valence-electron chi connectivity index (χ0n) is 13.2. The molecule has 0 spiro atoms. The minimum absolute atomic E-state index is 0.537. The molecule has 0 aromatic heterocycles. The second kappa shape index (κ2) is 7.03. The SMILES string of the molecule is CCO[Si](C)(C)O[Si](C)(C)O[Si](C)(C)OCC(F)(F)F. The van der Waals surface area contributed by atoms with Crippen LogP contribution in [0.2, 0.25) is 39.3 Å². The summed E-state index contributed by atoms with van der Waals surface area (Å²) >= 11 is 0. The Morgan fingerprint density at radius 1 is 0.750 bits per heavy atom. The van der Waals surface area contributed by atoms with Gasteiger partial charge in [0.2, 0.25) is 0 Å². The Bertz CT molecular complexity index is 309. The van der Waals surface area contributed by atoms with Crippen molar-refractivity contribution in [3.63, 3.8) is 0 Å². The van der Waals surface area contributed by atoms with E-state index in [1.54, 1.807) is 26.2 Å². The fraction of sp³-hybridized carbons (Fsp3) is 1.00. The van der Waals surface area contributed by atoms with Gasteiger partial charge in [0, 0.05) is 6.61 Å². The smallest absolute Gasteiger partial charge is 0.410 e. The molecule has 10 heteroatoms. The fourth-order valence-electron chi connectivity index (χ4n) is 1.87. The molecule has 0 radical (unpaired) electrons. The molecule has 0 aliphatic carbocycles. The topological polar surface area (TPSA) is 36.9 Å². The van der Waals surface area contributed by atoms with Crippen molar-refractivity contribution >= 4 is 25.7 Å². The summed E-state index contributed by atoms with van der Waals surface area (Å²) in [5, 5.41) is 0. The predicted molar refractivity (Wildman–Crippen MR) is 78.2 cm³/mol. The van der Waals surface area contributed by atoms with E-state index in [0.717, 1.165) is 0 Å². The first-order valence-corrected chi connectivity index (χ1v) is 14.9. The maximum Gasteiger partial charge on any atom is 0.410 e. The van der Waals surface area contributed by atoms with Crippen molar-refractivity contribution in [1.29, 1.82) is 0 Å². The van der Waals surface area contributed by atoms with Crippen LogP contribution in [0.15, 0.2) is 0 Å². The van der Waals surface area contributed by atoms with E-state index in [1.807, 2.05) is 20.0 Å². The molecule has 0 fully saturated rings. The highest BCUT2D eigenvalue weighted by Crippen LogP contribution is 2.24. The van der Waals surface area contributed by atoms with Gasteiger partial charge in [-0.15, -0.1) is 0 Å². The van der Waals surface area contributed by atoms with Crippen LogP contribution in [0.25, 0.3) is 0 Å². The van der Waals surface area contributed by atoms with E-state index in [4.69, 9.17) is 17.1 Å². The monoisotopic (exact) mass is 350 g/mol. The molecule has 0 aliphatic rings. The molecule has 0 saturated carbocycles. The summed E-state index contributed by atoms with van der Waals surface area (Å²) in [6, 6.07) is 0. The maximum atomic E-state index is 12.2. The maximum absolute atomic E-state index is 12.2. The van der Waals surface area contributed by atoms with Crippen LogP contribution in [-0.2, 0) is 17.1 Å². The molecule has 0 aliphatic heterocycles. The Morgan fingerprint density at radius 3 is 1.50 bits per heavy atom. The molecule has 0 N–H and O–H groups in total. The number of halogens is 3. The van der Waals surface area contributed by atoms with E-state index >= 15 is 0 Å². The molecule has 0 saturated heterocycles. The summed E-state index contributed by atoms with van der Waals surface area (Å²) in [6.45, 7) is 11.7. The van der Waals surface area contributed by atoms with Gasteiger partial charge in [-0.2, -0.15) is 13.2 Å². The lowest BCUT2D eigenvalue weighted by Gasteiger charge is -2.37. The van der Waals surface area contributed by atoms with Gasteiger partial charge in [-0.1, -0.05) is 0 Å². The zero-order chi connectivity index (χ0) is 16.2. The minimum Gasteiger partial charge on any atom is -0.415 e. The average molecular weight is 351 g/mol. The van der Waals surface area contributed by atoms with E-state index in [2.05, 4.69) is 0 Å². The molecule has 0 rings (SSSR count). The quantitative estimate of drug-likeness (QED) is 0.625. The van der Waals surface area contributed by atoms with Crippen molar-refractivity contribution in [2.24, 2.45) is 0 Å². The van der Waals surface area contributed by atoms with Gasteiger partial charge in [-0.3, -0.25) is 0 Å². The predicted octanol–water partition coefficient (Wildman–Crippen LogP) is 3.74. The first-order valence-electron chi connectivity index (χ1n) is 6.43. The molecule has 0 unspecified atom stereocenters. The van der Waals surface area contributed by atoms with Crippen LogP contribution < -0.4 is 0 Å². The Labute approximate surface area is 122 Å². The molecule has 0 heterocycles. The van der Waals surface area contributed by atoms with Gasteiger partial charge in [-0.25, -0.2) is 0 Å². The summed E-state index contributed by atoms with van der Waals surface area (Å²) in [5.41, 5.74) is 0. The molecule has 0 aromatic rings. The zero-order valence-corrected chi connectivity index (χ0v) is 16.2. The number of rotatable bonds is 8. The minimum atomic E-state index is -4.35. The van der Waals surface area contributed by atoms with Crippen LogP contribution in [0.1, 0.15) is 6.92 Å². The normalized spacial score (nSPS) is 14.7. The van der Waals surface area contributed by atoms with E-state index in [9.17, 15) is 13.2 Å². The van der Waals surface area contributed by atoms with Crippen LogP contribution in [-0.4, -0.2) is 45.1 Å². The Kier molecular flexibility index (Phi) is 7.13.